The van der Waals surface area contributed by atoms with Crippen LogP contribution in [0, 0.1) is 0 Å². The number of hydrogen-bond donors (Lipinski definition) is 1. The van der Waals surface area contributed by atoms with E-state index in [4.69, 9.17) is 0 Å². The second-order valence-electron chi connectivity index (χ2n) is 4.58. The van der Waals surface area contributed by atoms with E-state index in [2.05, 4.69) is 10.3 Å². The van der Waals surface area contributed by atoms with Crippen LogP contribution in [0.5, 0.6) is 0 Å². The Morgan fingerprint density at radius 1 is 1.17 bits per heavy atom. The summed E-state index contributed by atoms with van der Waals surface area (Å²) >= 11 is 2.56. The summed E-state index contributed by atoms with van der Waals surface area (Å²) in [5.74, 6) is -0.295. The molecule has 3 nitrogen and oxygen atoms in total. The van der Waals surface area contributed by atoms with E-state index in [0.29, 0.717) is 22.0 Å². The standard InChI is InChI=1S/C15H9F3N2OS2/c16-15(17,18)11-3-1-2-9(6-11)12-8-23-14(19-12)20-13(21)10-4-5-22-7-10/h1-8H,(H,19,20,21). The van der Waals surface area contributed by atoms with Crippen LogP contribution in [0.4, 0.5) is 18.3 Å². The number of thiophene rings is 1. The first-order valence-corrected chi connectivity index (χ1v) is 8.22. The fourth-order valence-electron chi connectivity index (χ4n) is 1.88. The number of anilines is 1. The zero-order valence-electron chi connectivity index (χ0n) is 11.4. The number of aromatic nitrogens is 1. The smallest absolute Gasteiger partial charge is 0.298 e. The lowest BCUT2D eigenvalue weighted by molar-refractivity contribution is -0.137. The Morgan fingerprint density at radius 2 is 2.00 bits per heavy atom. The zero-order chi connectivity index (χ0) is 16.4. The Bertz CT molecular complexity index is 825. The molecular formula is C15H9F3N2OS2. The first kappa shape index (κ1) is 15.7. The quantitative estimate of drug-likeness (QED) is 0.707. The minimum atomic E-state index is -4.40. The number of nitrogens with zero attached hydrogens (tertiary/aromatic N) is 1. The summed E-state index contributed by atoms with van der Waals surface area (Å²) in [6, 6.07) is 6.62. The SMILES string of the molecule is O=C(Nc1nc(-c2cccc(C(F)(F)F)c2)cs1)c1ccsc1. The van der Waals surface area contributed by atoms with E-state index in [9.17, 15) is 18.0 Å². The molecule has 3 aromatic rings. The Morgan fingerprint density at radius 3 is 2.70 bits per heavy atom. The van der Waals surface area contributed by atoms with Crippen LogP contribution >= 0.6 is 22.7 Å². The highest BCUT2D eigenvalue weighted by atomic mass is 32.1. The van der Waals surface area contributed by atoms with Gasteiger partial charge in [0.25, 0.3) is 5.91 Å². The maximum atomic E-state index is 12.7. The lowest BCUT2D eigenvalue weighted by Gasteiger charge is -2.07. The van der Waals surface area contributed by atoms with Crippen molar-refractivity contribution in [1.29, 1.82) is 0 Å². The summed E-state index contributed by atoms with van der Waals surface area (Å²) in [6.07, 6.45) is -4.40. The predicted octanol–water partition coefficient (Wildman–Crippen LogP) is 5.14. The van der Waals surface area contributed by atoms with E-state index in [1.165, 1.54) is 17.4 Å². The molecule has 0 radical (unpaired) electrons. The Balaban J connectivity index is 1.81. The van der Waals surface area contributed by atoms with Crippen LogP contribution in [0.15, 0.2) is 46.5 Å². The number of carbonyl (C=O) groups is 1. The molecule has 118 valence electrons. The number of nitrogens with one attached hydrogen (secondary N) is 1. The summed E-state index contributed by atoms with van der Waals surface area (Å²) < 4.78 is 38.2. The number of halogens is 3. The van der Waals surface area contributed by atoms with Crippen LogP contribution in [0.3, 0.4) is 0 Å². The van der Waals surface area contributed by atoms with Crippen molar-refractivity contribution < 1.29 is 18.0 Å². The molecule has 1 aromatic carbocycles. The zero-order valence-corrected chi connectivity index (χ0v) is 13.1. The third kappa shape index (κ3) is 3.59. The highest BCUT2D eigenvalue weighted by Gasteiger charge is 2.30. The number of benzene rings is 1. The van der Waals surface area contributed by atoms with Crippen LogP contribution in [0.2, 0.25) is 0 Å². The van der Waals surface area contributed by atoms with Gasteiger partial charge in [0.15, 0.2) is 5.13 Å². The number of carbonyl (C=O) groups excluding carboxylic acids is 1. The summed E-state index contributed by atoms with van der Waals surface area (Å²) in [4.78, 5) is 16.1. The van der Waals surface area contributed by atoms with E-state index in [0.717, 1.165) is 23.5 Å². The van der Waals surface area contributed by atoms with Crippen LogP contribution < -0.4 is 5.32 Å². The van der Waals surface area contributed by atoms with Gasteiger partial charge in [-0.3, -0.25) is 10.1 Å². The van der Waals surface area contributed by atoms with Crippen molar-refractivity contribution in [1.82, 2.24) is 4.98 Å². The maximum Gasteiger partial charge on any atom is 0.416 e. The summed E-state index contributed by atoms with van der Waals surface area (Å²) in [7, 11) is 0. The lowest BCUT2D eigenvalue weighted by Crippen LogP contribution is -2.10. The van der Waals surface area contributed by atoms with Gasteiger partial charge in [-0.15, -0.1) is 11.3 Å². The minimum Gasteiger partial charge on any atom is -0.298 e. The lowest BCUT2D eigenvalue weighted by atomic mass is 10.1. The average molecular weight is 354 g/mol. The van der Waals surface area contributed by atoms with Gasteiger partial charge in [0.1, 0.15) is 0 Å². The van der Waals surface area contributed by atoms with Crippen molar-refractivity contribution in [2.45, 2.75) is 6.18 Å². The highest BCUT2D eigenvalue weighted by Crippen LogP contribution is 2.33. The molecular weight excluding hydrogens is 345 g/mol. The number of rotatable bonds is 3. The first-order valence-electron chi connectivity index (χ1n) is 6.40. The largest absolute Gasteiger partial charge is 0.416 e. The van der Waals surface area contributed by atoms with Crippen molar-refractivity contribution in [3.63, 3.8) is 0 Å². The van der Waals surface area contributed by atoms with Crippen molar-refractivity contribution in [2.24, 2.45) is 0 Å². The van der Waals surface area contributed by atoms with E-state index in [-0.39, 0.29) is 5.91 Å². The second kappa shape index (κ2) is 6.13. The van der Waals surface area contributed by atoms with Crippen molar-refractivity contribution >= 4 is 33.7 Å². The molecule has 1 amide bonds. The molecule has 1 N–H and O–H groups in total. The molecule has 8 heteroatoms. The third-order valence-electron chi connectivity index (χ3n) is 2.99. The minimum absolute atomic E-state index is 0.295. The summed E-state index contributed by atoms with van der Waals surface area (Å²) in [5, 5.41) is 8.07. The molecule has 0 saturated heterocycles. The van der Waals surface area contributed by atoms with Crippen LogP contribution in [0.1, 0.15) is 15.9 Å². The van der Waals surface area contributed by atoms with Crippen LogP contribution in [-0.2, 0) is 6.18 Å². The fourth-order valence-corrected chi connectivity index (χ4v) is 3.23. The number of hydrogen-bond acceptors (Lipinski definition) is 4. The van der Waals surface area contributed by atoms with Gasteiger partial charge in [0.05, 0.1) is 16.8 Å². The molecule has 0 unspecified atom stereocenters. The molecule has 0 spiro atoms. The Hall–Kier alpha value is -2.19. The molecule has 2 heterocycles. The van der Waals surface area contributed by atoms with Crippen molar-refractivity contribution in [2.75, 3.05) is 5.32 Å². The molecule has 0 fully saturated rings. The summed E-state index contributed by atoms with van der Waals surface area (Å²) in [5.41, 5.74) is 0.534. The second-order valence-corrected chi connectivity index (χ2v) is 6.22. The molecule has 0 saturated carbocycles. The molecule has 0 aliphatic heterocycles. The molecule has 23 heavy (non-hydrogen) atoms. The topological polar surface area (TPSA) is 42.0 Å². The predicted molar refractivity (Wildman–Crippen MR) is 84.8 cm³/mol. The summed E-state index contributed by atoms with van der Waals surface area (Å²) in [6.45, 7) is 0. The van der Waals surface area contributed by atoms with Crippen molar-refractivity contribution in [3.05, 3.63) is 57.6 Å². The van der Waals surface area contributed by atoms with Gasteiger partial charge in [-0.2, -0.15) is 24.5 Å². The number of amides is 1. The van der Waals surface area contributed by atoms with Crippen molar-refractivity contribution in [3.8, 4) is 11.3 Å². The van der Waals surface area contributed by atoms with E-state index in [1.807, 2.05) is 0 Å². The molecule has 2 aromatic heterocycles. The van der Waals surface area contributed by atoms with E-state index < -0.39 is 11.7 Å². The average Bonchev–Trinajstić information content (AvgIpc) is 3.18. The number of thiazole rings is 1. The fraction of sp³-hybridized carbons (Fsp3) is 0.0667. The molecule has 0 atom stereocenters. The van der Waals surface area contributed by atoms with Gasteiger partial charge in [0, 0.05) is 16.3 Å². The number of alkyl halides is 3. The molecule has 0 aliphatic rings. The Labute approximate surface area is 137 Å². The molecule has 3 rings (SSSR count). The van der Waals surface area contributed by atoms with E-state index >= 15 is 0 Å². The van der Waals surface area contributed by atoms with Gasteiger partial charge in [0.2, 0.25) is 0 Å². The van der Waals surface area contributed by atoms with Gasteiger partial charge < -0.3 is 0 Å². The monoisotopic (exact) mass is 354 g/mol. The van der Waals surface area contributed by atoms with E-state index in [1.54, 1.807) is 28.3 Å². The van der Waals surface area contributed by atoms with Gasteiger partial charge in [-0.25, -0.2) is 4.98 Å². The Kier molecular flexibility index (Phi) is 4.18. The van der Waals surface area contributed by atoms with Crippen LogP contribution in [-0.4, -0.2) is 10.9 Å². The highest BCUT2D eigenvalue weighted by molar-refractivity contribution is 7.14. The molecule has 0 bridgehead atoms. The molecule has 0 aliphatic carbocycles. The third-order valence-corrected chi connectivity index (χ3v) is 4.43. The first-order chi connectivity index (χ1) is 10.9. The van der Waals surface area contributed by atoms with Gasteiger partial charge in [-0.1, -0.05) is 12.1 Å². The van der Waals surface area contributed by atoms with Gasteiger partial charge >= 0.3 is 6.18 Å². The maximum absolute atomic E-state index is 12.7. The van der Waals surface area contributed by atoms with Crippen LogP contribution in [0.25, 0.3) is 11.3 Å². The van der Waals surface area contributed by atoms with Gasteiger partial charge in [-0.05, 0) is 23.6 Å². The normalized spacial score (nSPS) is 11.4.